The molecule has 2 aromatic carbocycles. The lowest BCUT2D eigenvalue weighted by Gasteiger charge is -2.10. The zero-order valence-electron chi connectivity index (χ0n) is 16.9. The summed E-state index contributed by atoms with van der Waals surface area (Å²) in [5, 5.41) is 7.43. The topological polar surface area (TPSA) is 81.4 Å². The summed E-state index contributed by atoms with van der Waals surface area (Å²) in [5.41, 5.74) is 3.58. The van der Waals surface area contributed by atoms with Gasteiger partial charge in [-0.3, -0.25) is 4.79 Å². The summed E-state index contributed by atoms with van der Waals surface area (Å²) >= 11 is 0. The molecule has 30 heavy (non-hydrogen) atoms. The molecule has 1 N–H and O–H groups in total. The Kier molecular flexibility index (Phi) is 5.70. The van der Waals surface area contributed by atoms with Crippen LogP contribution in [-0.2, 0) is 11.2 Å². The molecule has 0 spiro atoms. The van der Waals surface area contributed by atoms with E-state index in [2.05, 4.69) is 20.4 Å². The van der Waals surface area contributed by atoms with E-state index in [4.69, 9.17) is 4.74 Å². The quantitative estimate of drug-likeness (QED) is 0.512. The smallest absolute Gasteiger partial charge is 0.220 e. The molecule has 0 saturated heterocycles. The van der Waals surface area contributed by atoms with Crippen molar-refractivity contribution in [2.24, 2.45) is 0 Å². The fourth-order valence-corrected chi connectivity index (χ4v) is 3.20. The van der Waals surface area contributed by atoms with Crippen molar-refractivity contribution in [2.75, 3.05) is 7.11 Å². The van der Waals surface area contributed by atoms with Crippen molar-refractivity contribution in [1.29, 1.82) is 0 Å². The number of rotatable bonds is 7. The Labute approximate surface area is 174 Å². The van der Waals surface area contributed by atoms with Crippen molar-refractivity contribution in [3.8, 4) is 17.0 Å². The summed E-state index contributed by atoms with van der Waals surface area (Å²) in [4.78, 5) is 21.3. The fourth-order valence-electron chi connectivity index (χ4n) is 3.20. The van der Waals surface area contributed by atoms with Gasteiger partial charge >= 0.3 is 0 Å². The van der Waals surface area contributed by atoms with Gasteiger partial charge in [-0.25, -0.2) is 14.5 Å². The highest BCUT2D eigenvalue weighted by molar-refractivity contribution is 5.76. The molecule has 4 rings (SSSR count). The maximum atomic E-state index is 12.3. The van der Waals surface area contributed by atoms with Crippen LogP contribution in [0.3, 0.4) is 0 Å². The van der Waals surface area contributed by atoms with Gasteiger partial charge in [0.15, 0.2) is 11.5 Å². The largest absolute Gasteiger partial charge is 0.497 e. The molecule has 152 valence electrons. The Morgan fingerprint density at radius 3 is 2.63 bits per heavy atom. The monoisotopic (exact) mass is 401 g/mol. The summed E-state index contributed by atoms with van der Waals surface area (Å²) in [7, 11) is 1.64. The third kappa shape index (κ3) is 4.46. The predicted octanol–water partition coefficient (Wildman–Crippen LogP) is 3.61. The van der Waals surface area contributed by atoms with Crippen LogP contribution >= 0.6 is 0 Å². The third-order valence-electron chi connectivity index (χ3n) is 4.88. The number of hydrogen-bond acceptors (Lipinski definition) is 5. The highest BCUT2D eigenvalue weighted by Crippen LogP contribution is 2.21. The van der Waals surface area contributed by atoms with E-state index in [-0.39, 0.29) is 11.9 Å². The van der Waals surface area contributed by atoms with E-state index in [0.717, 1.165) is 22.6 Å². The number of nitrogens with zero attached hydrogens (tertiary/aromatic N) is 4. The minimum Gasteiger partial charge on any atom is -0.497 e. The first-order valence-corrected chi connectivity index (χ1v) is 9.82. The highest BCUT2D eigenvalue weighted by Gasteiger charge is 2.15. The van der Waals surface area contributed by atoms with Gasteiger partial charge in [-0.2, -0.15) is 0 Å². The number of aromatic nitrogens is 4. The minimum atomic E-state index is -0.294. The number of aryl methyl sites for hydroxylation is 1. The summed E-state index contributed by atoms with van der Waals surface area (Å²) in [5.74, 6) is 1.32. The minimum absolute atomic E-state index is 0.0257. The number of amides is 1. The second-order valence-corrected chi connectivity index (χ2v) is 7.05. The van der Waals surface area contributed by atoms with Crippen molar-refractivity contribution in [2.45, 2.75) is 25.8 Å². The Balaban J connectivity index is 1.44. The molecule has 0 aliphatic rings. The molecule has 2 heterocycles. The van der Waals surface area contributed by atoms with Crippen molar-refractivity contribution in [1.82, 2.24) is 24.9 Å². The zero-order valence-corrected chi connectivity index (χ0v) is 16.9. The Hall–Kier alpha value is -3.74. The Morgan fingerprint density at radius 1 is 1.13 bits per heavy atom. The Morgan fingerprint density at radius 2 is 1.90 bits per heavy atom. The number of carbonyl (C=O) groups is 1. The first kappa shape index (κ1) is 19.6. The number of fused-ring (bicyclic) bond motifs is 1. The van der Waals surface area contributed by atoms with Crippen LogP contribution in [0, 0.1) is 0 Å². The maximum absolute atomic E-state index is 12.3. The van der Waals surface area contributed by atoms with Gasteiger partial charge in [0.2, 0.25) is 5.91 Å². The molecule has 1 atom stereocenters. The van der Waals surface area contributed by atoms with Crippen LogP contribution in [-0.4, -0.2) is 32.6 Å². The van der Waals surface area contributed by atoms with Gasteiger partial charge in [-0.1, -0.05) is 30.3 Å². The molecule has 0 aliphatic carbocycles. The number of benzene rings is 2. The first-order chi connectivity index (χ1) is 14.6. The van der Waals surface area contributed by atoms with Crippen LogP contribution in [0.4, 0.5) is 0 Å². The van der Waals surface area contributed by atoms with E-state index < -0.39 is 0 Å². The Bertz CT molecular complexity index is 1140. The molecule has 1 amide bonds. The van der Waals surface area contributed by atoms with Gasteiger partial charge in [0, 0.05) is 18.1 Å². The van der Waals surface area contributed by atoms with Crippen LogP contribution in [0.25, 0.3) is 16.9 Å². The summed E-state index contributed by atoms with van der Waals surface area (Å²) < 4.78 is 6.82. The molecular weight excluding hydrogens is 378 g/mol. The first-order valence-electron chi connectivity index (χ1n) is 9.82. The molecular formula is C23H23N5O2. The van der Waals surface area contributed by atoms with Crippen LogP contribution in [0.2, 0.25) is 0 Å². The average Bonchev–Trinajstić information content (AvgIpc) is 3.22. The molecule has 0 radical (unpaired) electrons. The molecule has 0 aliphatic heterocycles. The highest BCUT2D eigenvalue weighted by atomic mass is 16.5. The molecule has 0 bridgehead atoms. The number of carbonyl (C=O) groups excluding carboxylic acids is 1. The van der Waals surface area contributed by atoms with Gasteiger partial charge in [0.05, 0.1) is 18.8 Å². The standard InChI is InChI=1S/C23H23N5O2/c1-16(25-22(29)13-8-17-6-4-3-5-7-17)23-26-21-14-20(24-15-28(21)27-23)18-9-11-19(30-2)12-10-18/h3-7,9-12,14-16H,8,13H2,1-2H3,(H,25,29)/t16-/m0/s1. The molecule has 7 nitrogen and oxygen atoms in total. The third-order valence-corrected chi connectivity index (χ3v) is 4.88. The average molecular weight is 401 g/mol. The second-order valence-electron chi connectivity index (χ2n) is 7.05. The second kappa shape index (κ2) is 8.73. The molecule has 0 unspecified atom stereocenters. The van der Waals surface area contributed by atoms with Gasteiger partial charge in [-0.15, -0.1) is 5.10 Å². The normalized spacial score (nSPS) is 11.9. The van der Waals surface area contributed by atoms with Crippen molar-refractivity contribution in [3.63, 3.8) is 0 Å². The van der Waals surface area contributed by atoms with Gasteiger partial charge in [0.1, 0.15) is 12.1 Å². The maximum Gasteiger partial charge on any atom is 0.220 e. The van der Waals surface area contributed by atoms with E-state index in [1.807, 2.05) is 67.6 Å². The number of methoxy groups -OCH3 is 1. The number of hydrogen-bond donors (Lipinski definition) is 1. The van der Waals surface area contributed by atoms with Gasteiger partial charge in [-0.05, 0) is 43.2 Å². The fraction of sp³-hybridized carbons (Fsp3) is 0.217. The predicted molar refractivity (Wildman–Crippen MR) is 114 cm³/mol. The molecule has 0 saturated carbocycles. The lowest BCUT2D eigenvalue weighted by molar-refractivity contribution is -0.121. The van der Waals surface area contributed by atoms with Crippen molar-refractivity contribution >= 4 is 11.6 Å². The van der Waals surface area contributed by atoms with E-state index in [1.165, 1.54) is 0 Å². The SMILES string of the molecule is COc1ccc(-c2cc3nc([C@H](C)NC(=O)CCc4ccccc4)nn3cn2)cc1. The molecule has 2 aromatic heterocycles. The zero-order chi connectivity index (χ0) is 20.9. The summed E-state index contributed by atoms with van der Waals surface area (Å²) in [6.45, 7) is 1.88. The van der Waals surface area contributed by atoms with E-state index >= 15 is 0 Å². The van der Waals surface area contributed by atoms with Gasteiger partial charge < -0.3 is 10.1 Å². The molecule has 0 fully saturated rings. The van der Waals surface area contributed by atoms with Crippen LogP contribution in [0.5, 0.6) is 5.75 Å². The molecule has 4 aromatic rings. The molecule has 7 heteroatoms. The van der Waals surface area contributed by atoms with Crippen LogP contribution in [0.15, 0.2) is 67.0 Å². The van der Waals surface area contributed by atoms with Gasteiger partial charge in [0.25, 0.3) is 0 Å². The number of ether oxygens (including phenoxy) is 1. The van der Waals surface area contributed by atoms with Crippen LogP contribution in [0.1, 0.15) is 30.8 Å². The summed E-state index contributed by atoms with van der Waals surface area (Å²) in [6, 6.07) is 19.2. The lowest BCUT2D eigenvalue weighted by atomic mass is 10.1. The summed E-state index contributed by atoms with van der Waals surface area (Å²) in [6.07, 6.45) is 2.76. The van der Waals surface area contributed by atoms with Crippen LogP contribution < -0.4 is 10.1 Å². The van der Waals surface area contributed by atoms with E-state index in [0.29, 0.717) is 24.3 Å². The van der Waals surface area contributed by atoms with E-state index in [9.17, 15) is 4.79 Å². The van der Waals surface area contributed by atoms with E-state index in [1.54, 1.807) is 18.0 Å². The van der Waals surface area contributed by atoms with Crippen molar-refractivity contribution in [3.05, 3.63) is 78.4 Å². The van der Waals surface area contributed by atoms with Crippen molar-refractivity contribution < 1.29 is 9.53 Å². The lowest BCUT2D eigenvalue weighted by Crippen LogP contribution is -2.27. The number of nitrogens with one attached hydrogen (secondary N) is 1.